The molecule has 1 aliphatic heterocycles. The van der Waals surface area contributed by atoms with Crippen LogP contribution in [-0.4, -0.2) is 33.8 Å². The highest BCUT2D eigenvalue weighted by Crippen LogP contribution is 2.33. The van der Waals surface area contributed by atoms with Gasteiger partial charge >= 0.3 is 6.18 Å². The number of hydrogen-bond acceptors (Lipinski definition) is 5. The molecule has 1 saturated heterocycles. The van der Waals surface area contributed by atoms with Gasteiger partial charge in [-0.3, -0.25) is 4.79 Å². The lowest BCUT2D eigenvalue weighted by Crippen LogP contribution is -2.47. The van der Waals surface area contributed by atoms with Gasteiger partial charge in [0.15, 0.2) is 0 Å². The summed E-state index contributed by atoms with van der Waals surface area (Å²) in [5.74, 6) is -2.73. The zero-order valence-corrected chi connectivity index (χ0v) is 9.81. The van der Waals surface area contributed by atoms with E-state index in [0.29, 0.717) is 5.69 Å². The Kier molecular flexibility index (Phi) is 3.54. The molecular formula is C10H12F3N5O. The molecule has 1 aliphatic rings. The minimum atomic E-state index is -4.31. The molecule has 0 aliphatic carbocycles. The molecule has 0 radical (unpaired) electrons. The van der Waals surface area contributed by atoms with Gasteiger partial charge in [-0.25, -0.2) is 4.98 Å². The van der Waals surface area contributed by atoms with Gasteiger partial charge in [-0.1, -0.05) is 0 Å². The summed E-state index contributed by atoms with van der Waals surface area (Å²) >= 11 is 0. The van der Waals surface area contributed by atoms with Crippen LogP contribution >= 0.6 is 0 Å². The second-order valence-corrected chi connectivity index (χ2v) is 4.43. The van der Waals surface area contributed by atoms with Gasteiger partial charge in [0.05, 0.1) is 17.8 Å². The number of carbonyl (C=O) groups excluding carboxylic acids is 1. The van der Waals surface area contributed by atoms with E-state index in [1.165, 1.54) is 6.20 Å². The summed E-state index contributed by atoms with van der Waals surface area (Å²) in [5, 5.41) is 9.46. The third-order valence-electron chi connectivity index (χ3n) is 3.01. The average molecular weight is 275 g/mol. The molecule has 6 nitrogen and oxygen atoms in total. The molecule has 2 atom stereocenters. The normalized spacial score (nSPS) is 24.1. The van der Waals surface area contributed by atoms with Gasteiger partial charge in [0.25, 0.3) is 0 Å². The SMILES string of the molecule is Nc1ncc(C[C@H]2C[C@@H](C(F)(F)F)CNC2=O)nn1. The van der Waals surface area contributed by atoms with Crippen LogP contribution in [0.3, 0.4) is 0 Å². The number of rotatable bonds is 2. The maximum atomic E-state index is 12.6. The van der Waals surface area contributed by atoms with Crippen LogP contribution in [0.15, 0.2) is 6.20 Å². The molecule has 19 heavy (non-hydrogen) atoms. The molecule has 104 valence electrons. The Labute approximate surface area is 106 Å². The van der Waals surface area contributed by atoms with Crippen LogP contribution < -0.4 is 11.1 Å². The van der Waals surface area contributed by atoms with Crippen molar-refractivity contribution in [1.82, 2.24) is 20.5 Å². The van der Waals surface area contributed by atoms with E-state index in [1.807, 2.05) is 0 Å². The van der Waals surface area contributed by atoms with E-state index in [1.54, 1.807) is 0 Å². The lowest BCUT2D eigenvalue weighted by molar-refractivity contribution is -0.183. The molecule has 9 heteroatoms. The van der Waals surface area contributed by atoms with Crippen molar-refractivity contribution in [3.05, 3.63) is 11.9 Å². The van der Waals surface area contributed by atoms with Crippen molar-refractivity contribution in [1.29, 1.82) is 0 Å². The number of nitrogen functional groups attached to an aromatic ring is 1. The standard InChI is InChI=1S/C10H12F3N5O/c11-10(12,13)6-1-5(8(19)15-3-6)2-7-4-16-9(14)18-17-7/h4-6H,1-3H2,(H,15,19)(H2,14,16,18)/t5-,6-/m1/s1. The summed E-state index contributed by atoms with van der Waals surface area (Å²) in [6.07, 6.45) is -3.18. The predicted octanol–water partition coefficient (Wildman–Crippen LogP) is 0.311. The summed E-state index contributed by atoms with van der Waals surface area (Å²) in [5.41, 5.74) is 5.60. The van der Waals surface area contributed by atoms with E-state index in [2.05, 4.69) is 20.5 Å². The van der Waals surface area contributed by atoms with Gasteiger partial charge in [-0.05, 0) is 6.42 Å². The Balaban J connectivity index is 2.05. The van der Waals surface area contributed by atoms with E-state index in [-0.39, 0.29) is 25.3 Å². The molecule has 0 aromatic carbocycles. The Morgan fingerprint density at radius 2 is 2.16 bits per heavy atom. The maximum absolute atomic E-state index is 12.6. The highest BCUT2D eigenvalue weighted by atomic mass is 19.4. The number of carbonyl (C=O) groups is 1. The quantitative estimate of drug-likeness (QED) is 0.810. The van der Waals surface area contributed by atoms with Crippen molar-refractivity contribution in [3.63, 3.8) is 0 Å². The van der Waals surface area contributed by atoms with Crippen LogP contribution in [0.2, 0.25) is 0 Å². The highest BCUT2D eigenvalue weighted by Gasteiger charge is 2.44. The number of piperidine rings is 1. The average Bonchev–Trinajstić information content (AvgIpc) is 2.33. The van der Waals surface area contributed by atoms with Crippen LogP contribution in [0.25, 0.3) is 0 Å². The van der Waals surface area contributed by atoms with E-state index >= 15 is 0 Å². The Morgan fingerprint density at radius 1 is 1.42 bits per heavy atom. The smallest absolute Gasteiger partial charge is 0.366 e. The van der Waals surface area contributed by atoms with Crippen LogP contribution in [-0.2, 0) is 11.2 Å². The molecule has 0 spiro atoms. The third-order valence-corrected chi connectivity index (χ3v) is 3.01. The number of nitrogens with two attached hydrogens (primary N) is 1. The largest absolute Gasteiger partial charge is 0.393 e. The van der Waals surface area contributed by atoms with E-state index in [4.69, 9.17) is 5.73 Å². The molecule has 1 fully saturated rings. The first-order chi connectivity index (χ1) is 8.86. The zero-order chi connectivity index (χ0) is 14.0. The van der Waals surface area contributed by atoms with Crippen molar-refractivity contribution < 1.29 is 18.0 Å². The summed E-state index contributed by atoms with van der Waals surface area (Å²) in [6, 6.07) is 0. The summed E-state index contributed by atoms with van der Waals surface area (Å²) in [7, 11) is 0. The fourth-order valence-corrected chi connectivity index (χ4v) is 1.98. The lowest BCUT2D eigenvalue weighted by Gasteiger charge is -2.30. The van der Waals surface area contributed by atoms with E-state index < -0.39 is 23.9 Å². The summed E-state index contributed by atoms with van der Waals surface area (Å²) in [4.78, 5) is 15.3. The second kappa shape index (κ2) is 4.98. The molecule has 0 bridgehead atoms. The van der Waals surface area contributed by atoms with Crippen molar-refractivity contribution >= 4 is 11.9 Å². The number of nitrogens with zero attached hydrogens (tertiary/aromatic N) is 3. The van der Waals surface area contributed by atoms with Crippen molar-refractivity contribution in [2.75, 3.05) is 12.3 Å². The first kappa shape index (κ1) is 13.5. The fourth-order valence-electron chi connectivity index (χ4n) is 1.98. The Morgan fingerprint density at radius 3 is 2.74 bits per heavy atom. The number of alkyl halides is 3. The predicted molar refractivity (Wildman–Crippen MR) is 58.6 cm³/mol. The van der Waals surface area contributed by atoms with Gasteiger partial charge in [0.1, 0.15) is 0 Å². The molecule has 2 heterocycles. The molecule has 1 amide bonds. The van der Waals surface area contributed by atoms with Crippen LogP contribution in [0.4, 0.5) is 19.1 Å². The number of amides is 1. The molecule has 3 N–H and O–H groups in total. The Hall–Kier alpha value is -1.93. The number of aromatic nitrogens is 3. The van der Waals surface area contributed by atoms with Gasteiger partial charge in [-0.15, -0.1) is 5.10 Å². The van der Waals surface area contributed by atoms with Gasteiger partial charge in [0.2, 0.25) is 11.9 Å². The molecule has 0 unspecified atom stereocenters. The molecule has 1 aromatic rings. The number of anilines is 1. The van der Waals surface area contributed by atoms with Gasteiger partial charge < -0.3 is 11.1 Å². The van der Waals surface area contributed by atoms with Crippen molar-refractivity contribution in [3.8, 4) is 0 Å². The summed E-state index contributed by atoms with van der Waals surface area (Å²) < 4.78 is 37.9. The summed E-state index contributed by atoms with van der Waals surface area (Å²) in [6.45, 7) is -0.371. The number of halogens is 3. The maximum Gasteiger partial charge on any atom is 0.393 e. The topological polar surface area (TPSA) is 93.8 Å². The van der Waals surface area contributed by atoms with E-state index in [9.17, 15) is 18.0 Å². The molecule has 2 rings (SSSR count). The Bertz CT molecular complexity index is 461. The minimum Gasteiger partial charge on any atom is -0.366 e. The van der Waals surface area contributed by atoms with E-state index in [0.717, 1.165) is 0 Å². The fraction of sp³-hybridized carbons (Fsp3) is 0.600. The minimum absolute atomic E-state index is 0.0231. The monoisotopic (exact) mass is 275 g/mol. The number of hydrogen-bond donors (Lipinski definition) is 2. The molecule has 1 aromatic heterocycles. The van der Waals surface area contributed by atoms with Crippen molar-refractivity contribution in [2.24, 2.45) is 11.8 Å². The van der Waals surface area contributed by atoms with Gasteiger partial charge in [-0.2, -0.15) is 18.3 Å². The first-order valence-electron chi connectivity index (χ1n) is 5.64. The number of nitrogens with one attached hydrogen (secondary N) is 1. The lowest BCUT2D eigenvalue weighted by atomic mass is 9.86. The third kappa shape index (κ3) is 3.30. The van der Waals surface area contributed by atoms with Crippen LogP contribution in [0.5, 0.6) is 0 Å². The highest BCUT2D eigenvalue weighted by molar-refractivity contribution is 5.79. The second-order valence-electron chi connectivity index (χ2n) is 4.43. The van der Waals surface area contributed by atoms with Gasteiger partial charge in [0, 0.05) is 18.9 Å². The van der Waals surface area contributed by atoms with Crippen molar-refractivity contribution in [2.45, 2.75) is 19.0 Å². The van der Waals surface area contributed by atoms with Crippen LogP contribution in [0.1, 0.15) is 12.1 Å². The van der Waals surface area contributed by atoms with Crippen LogP contribution in [0, 0.1) is 11.8 Å². The molecule has 0 saturated carbocycles. The zero-order valence-electron chi connectivity index (χ0n) is 9.81. The first-order valence-corrected chi connectivity index (χ1v) is 5.64. The molecular weight excluding hydrogens is 263 g/mol.